The van der Waals surface area contributed by atoms with Gasteiger partial charge in [0.05, 0.1) is 11.0 Å². The molecule has 15 heavy (non-hydrogen) atoms. The zero-order valence-electron chi connectivity index (χ0n) is 9.39. The van der Waals surface area contributed by atoms with Crippen LogP contribution in [0, 0.1) is 23.0 Å². The van der Waals surface area contributed by atoms with Gasteiger partial charge >= 0.3 is 5.69 Å². The molecular formula is C9H16N4O2. The van der Waals surface area contributed by atoms with Crippen molar-refractivity contribution in [1.29, 1.82) is 0 Å². The van der Waals surface area contributed by atoms with Gasteiger partial charge in [-0.15, -0.1) is 0 Å². The molecule has 0 radical (unpaired) electrons. The van der Waals surface area contributed by atoms with Gasteiger partial charge in [-0.2, -0.15) is 5.10 Å². The van der Waals surface area contributed by atoms with Crippen molar-refractivity contribution >= 4 is 11.5 Å². The fourth-order valence-corrected chi connectivity index (χ4v) is 1.38. The average Bonchev–Trinajstić information content (AvgIpc) is 2.40. The van der Waals surface area contributed by atoms with Crippen LogP contribution in [0.4, 0.5) is 11.5 Å². The van der Waals surface area contributed by atoms with E-state index in [9.17, 15) is 10.1 Å². The second-order valence-electron chi connectivity index (χ2n) is 4.01. The van der Waals surface area contributed by atoms with E-state index < -0.39 is 4.92 Å². The fraction of sp³-hybridized carbons (Fsp3) is 0.667. The second kappa shape index (κ2) is 3.88. The Balaban J connectivity index is 3.23. The molecule has 84 valence electrons. The highest BCUT2D eigenvalue weighted by Crippen LogP contribution is 2.29. The van der Waals surface area contributed by atoms with Gasteiger partial charge < -0.3 is 5.73 Å². The van der Waals surface area contributed by atoms with Gasteiger partial charge in [-0.05, 0) is 19.8 Å². The lowest BCUT2D eigenvalue weighted by Crippen LogP contribution is -2.15. The van der Waals surface area contributed by atoms with E-state index in [2.05, 4.69) is 5.10 Å². The predicted molar refractivity (Wildman–Crippen MR) is 57.6 cm³/mol. The van der Waals surface area contributed by atoms with Crippen LogP contribution in [0.5, 0.6) is 0 Å². The molecule has 6 heteroatoms. The van der Waals surface area contributed by atoms with E-state index in [0.717, 1.165) is 0 Å². The van der Waals surface area contributed by atoms with Crippen LogP contribution in [0.1, 0.15) is 32.5 Å². The number of nitro groups is 1. The Hall–Kier alpha value is -1.59. The summed E-state index contributed by atoms with van der Waals surface area (Å²) in [6.45, 7) is 7.58. The summed E-state index contributed by atoms with van der Waals surface area (Å²) in [4.78, 5) is 10.2. The van der Waals surface area contributed by atoms with Crippen LogP contribution in [-0.2, 0) is 0 Å². The Morgan fingerprint density at radius 3 is 2.33 bits per heavy atom. The van der Waals surface area contributed by atoms with E-state index in [-0.39, 0.29) is 17.5 Å². The molecule has 0 fully saturated rings. The summed E-state index contributed by atoms with van der Waals surface area (Å²) in [6.07, 6.45) is 0. The number of hydrogen-bond acceptors (Lipinski definition) is 4. The lowest BCUT2D eigenvalue weighted by molar-refractivity contribution is -0.384. The van der Waals surface area contributed by atoms with E-state index in [1.165, 1.54) is 4.68 Å². The summed E-state index contributed by atoms with van der Waals surface area (Å²) < 4.78 is 1.53. The summed E-state index contributed by atoms with van der Waals surface area (Å²) in [7, 11) is 0. The number of nitrogens with two attached hydrogens (primary N) is 1. The van der Waals surface area contributed by atoms with E-state index in [0.29, 0.717) is 11.6 Å². The maximum atomic E-state index is 10.7. The van der Waals surface area contributed by atoms with Crippen LogP contribution in [0.25, 0.3) is 0 Å². The van der Waals surface area contributed by atoms with Crippen LogP contribution < -0.4 is 5.73 Å². The first kappa shape index (κ1) is 11.5. The first-order valence-electron chi connectivity index (χ1n) is 4.85. The Morgan fingerprint density at radius 2 is 2.00 bits per heavy atom. The zero-order valence-corrected chi connectivity index (χ0v) is 9.39. The molecule has 0 saturated heterocycles. The highest BCUT2D eigenvalue weighted by atomic mass is 16.6. The third-order valence-corrected chi connectivity index (χ3v) is 2.62. The molecule has 0 saturated carbocycles. The van der Waals surface area contributed by atoms with Crippen molar-refractivity contribution in [3.63, 3.8) is 0 Å². The van der Waals surface area contributed by atoms with E-state index >= 15 is 0 Å². The van der Waals surface area contributed by atoms with Crippen LogP contribution in [0.3, 0.4) is 0 Å². The van der Waals surface area contributed by atoms with Crippen molar-refractivity contribution in [2.75, 3.05) is 5.73 Å². The number of nitrogen functional groups attached to an aromatic ring is 1. The Kier molecular flexibility index (Phi) is 2.97. The fourth-order valence-electron chi connectivity index (χ4n) is 1.38. The maximum Gasteiger partial charge on any atom is 0.333 e. The molecule has 1 atom stereocenters. The number of aryl methyl sites for hydroxylation is 1. The average molecular weight is 212 g/mol. The Labute approximate surface area is 88.2 Å². The monoisotopic (exact) mass is 212 g/mol. The largest absolute Gasteiger partial charge is 0.378 e. The highest BCUT2D eigenvalue weighted by molar-refractivity contribution is 5.56. The van der Waals surface area contributed by atoms with Crippen LogP contribution >= 0.6 is 0 Å². The SMILES string of the molecule is Cc1nn(C(C)C(C)C)c(N)c1[N+](=O)[O-]. The molecule has 0 aliphatic rings. The van der Waals surface area contributed by atoms with Crippen molar-refractivity contribution in [2.45, 2.75) is 33.7 Å². The van der Waals surface area contributed by atoms with Crippen molar-refractivity contribution in [1.82, 2.24) is 9.78 Å². The van der Waals surface area contributed by atoms with Gasteiger partial charge in [-0.25, -0.2) is 4.68 Å². The molecule has 1 heterocycles. The zero-order chi connectivity index (χ0) is 11.7. The molecule has 0 aromatic carbocycles. The van der Waals surface area contributed by atoms with Gasteiger partial charge in [-0.3, -0.25) is 10.1 Å². The van der Waals surface area contributed by atoms with Crippen LogP contribution in [0.15, 0.2) is 0 Å². The summed E-state index contributed by atoms with van der Waals surface area (Å²) in [6, 6.07) is 0.0531. The molecule has 1 aromatic rings. The number of aromatic nitrogens is 2. The molecule has 1 aromatic heterocycles. The minimum Gasteiger partial charge on any atom is -0.378 e. The molecule has 0 amide bonds. The second-order valence-corrected chi connectivity index (χ2v) is 4.01. The number of anilines is 1. The van der Waals surface area contributed by atoms with Crippen LogP contribution in [0.2, 0.25) is 0 Å². The van der Waals surface area contributed by atoms with Gasteiger partial charge in [0.25, 0.3) is 0 Å². The lowest BCUT2D eigenvalue weighted by atomic mass is 10.1. The summed E-state index contributed by atoms with van der Waals surface area (Å²) in [5.41, 5.74) is 5.99. The van der Waals surface area contributed by atoms with E-state index in [4.69, 9.17) is 5.73 Å². The molecular weight excluding hydrogens is 196 g/mol. The molecule has 0 spiro atoms. The molecule has 0 bridgehead atoms. The van der Waals surface area contributed by atoms with Gasteiger partial charge in [0.2, 0.25) is 5.82 Å². The minimum absolute atomic E-state index is 0.0531. The number of nitrogens with zero attached hydrogens (tertiary/aromatic N) is 3. The van der Waals surface area contributed by atoms with Crippen LogP contribution in [-0.4, -0.2) is 14.7 Å². The normalized spacial score (nSPS) is 13.1. The first-order valence-corrected chi connectivity index (χ1v) is 4.85. The lowest BCUT2D eigenvalue weighted by Gasteiger charge is -2.16. The summed E-state index contributed by atoms with van der Waals surface area (Å²) in [5, 5.41) is 14.8. The Morgan fingerprint density at radius 1 is 1.47 bits per heavy atom. The molecule has 0 aliphatic carbocycles. The number of rotatable bonds is 3. The highest BCUT2D eigenvalue weighted by Gasteiger charge is 2.25. The maximum absolute atomic E-state index is 10.7. The van der Waals surface area contributed by atoms with Gasteiger partial charge in [0, 0.05) is 0 Å². The minimum atomic E-state index is -0.485. The molecule has 1 rings (SSSR count). The quantitative estimate of drug-likeness (QED) is 0.612. The standard InChI is InChI=1S/C9H16N4O2/c1-5(2)7(4)12-9(10)8(13(14)15)6(3)11-12/h5,7H,10H2,1-4H3. The third-order valence-electron chi connectivity index (χ3n) is 2.62. The first-order chi connectivity index (χ1) is 6.86. The van der Waals surface area contributed by atoms with E-state index in [1.807, 2.05) is 20.8 Å². The van der Waals surface area contributed by atoms with Gasteiger partial charge in [0.15, 0.2) is 0 Å². The van der Waals surface area contributed by atoms with Gasteiger partial charge in [0.1, 0.15) is 5.69 Å². The van der Waals surface area contributed by atoms with Crippen molar-refractivity contribution in [3.8, 4) is 0 Å². The van der Waals surface area contributed by atoms with Crippen molar-refractivity contribution < 1.29 is 4.92 Å². The number of hydrogen-bond donors (Lipinski definition) is 1. The molecule has 6 nitrogen and oxygen atoms in total. The van der Waals surface area contributed by atoms with Gasteiger partial charge in [-0.1, -0.05) is 13.8 Å². The smallest absolute Gasteiger partial charge is 0.333 e. The summed E-state index contributed by atoms with van der Waals surface area (Å²) >= 11 is 0. The summed E-state index contributed by atoms with van der Waals surface area (Å²) in [5.74, 6) is 0.463. The predicted octanol–water partition coefficient (Wildman–Crippen LogP) is 1.90. The Bertz CT molecular complexity index is 384. The van der Waals surface area contributed by atoms with Crippen molar-refractivity contribution in [3.05, 3.63) is 15.8 Å². The van der Waals surface area contributed by atoms with Crippen molar-refractivity contribution in [2.24, 2.45) is 5.92 Å². The molecule has 1 unspecified atom stereocenters. The molecule has 0 aliphatic heterocycles. The van der Waals surface area contributed by atoms with E-state index in [1.54, 1.807) is 6.92 Å². The topological polar surface area (TPSA) is 87.0 Å². The third kappa shape index (κ3) is 1.93. The molecule has 2 N–H and O–H groups in total.